The molecule has 1 N–H and O–H groups in total. The summed E-state index contributed by atoms with van der Waals surface area (Å²) in [6, 6.07) is 2.77. The minimum atomic E-state index is -0.993. The van der Waals surface area contributed by atoms with E-state index in [9.17, 15) is 19.2 Å². The van der Waals surface area contributed by atoms with Crippen molar-refractivity contribution in [3.8, 4) is 0 Å². The summed E-state index contributed by atoms with van der Waals surface area (Å²) in [7, 11) is 0. The number of carbonyl (C=O) groups excluding carboxylic acids is 4. The van der Waals surface area contributed by atoms with Gasteiger partial charge in [-0.1, -0.05) is 31.5 Å². The van der Waals surface area contributed by atoms with Crippen LogP contribution in [0.15, 0.2) is 12.1 Å². The van der Waals surface area contributed by atoms with E-state index in [1.54, 1.807) is 13.0 Å². The van der Waals surface area contributed by atoms with Gasteiger partial charge in [0.15, 0.2) is 0 Å². The van der Waals surface area contributed by atoms with Crippen molar-refractivity contribution in [3.63, 3.8) is 0 Å². The number of hydrogen-bond acceptors (Lipinski definition) is 4. The maximum absolute atomic E-state index is 12.2. The lowest BCUT2D eigenvalue weighted by Crippen LogP contribution is -2.39. The first-order valence-corrected chi connectivity index (χ1v) is 8.23. The summed E-state index contributed by atoms with van der Waals surface area (Å²) < 4.78 is 0. The lowest BCUT2D eigenvalue weighted by Gasteiger charge is -2.17. The topological polar surface area (TPSA) is 86.8 Å². The molecule has 134 valence electrons. The Bertz CT molecular complexity index is 737. The summed E-state index contributed by atoms with van der Waals surface area (Å²) in [6.07, 6.45) is 0. The van der Waals surface area contributed by atoms with E-state index in [4.69, 9.17) is 11.6 Å². The second kappa shape index (κ2) is 7.23. The minimum Gasteiger partial charge on any atom is -0.323 e. The molecule has 5 amide bonds. The Balaban J connectivity index is 2.12. The van der Waals surface area contributed by atoms with Gasteiger partial charge in [-0.15, -0.1) is 0 Å². The number of nitrogens with one attached hydrogen (secondary N) is 1. The highest BCUT2D eigenvalue weighted by Crippen LogP contribution is 2.27. The Morgan fingerprint density at radius 2 is 1.72 bits per heavy atom. The average molecular weight is 366 g/mol. The van der Waals surface area contributed by atoms with Gasteiger partial charge in [-0.3, -0.25) is 19.3 Å². The van der Waals surface area contributed by atoms with E-state index in [1.807, 2.05) is 26.8 Å². The van der Waals surface area contributed by atoms with Crippen molar-refractivity contribution in [3.05, 3.63) is 28.3 Å². The van der Waals surface area contributed by atoms with Crippen LogP contribution in [0.3, 0.4) is 0 Å². The fraction of sp³-hybridized carbons (Fsp3) is 0.412. The standard InChI is InChI=1S/C17H20ClN3O4/c1-9(2)7-20-15(23)16(24)21(17(20)25)8-13(22)19-14-11(4)5-10(3)6-12(14)18/h5-6,9H,7-8H2,1-4H3,(H,19,22). The molecule has 0 saturated carbocycles. The number of urea groups is 1. The van der Waals surface area contributed by atoms with E-state index in [1.165, 1.54) is 0 Å². The highest BCUT2D eigenvalue weighted by molar-refractivity contribution is 6.45. The molecule has 1 aliphatic rings. The summed E-state index contributed by atoms with van der Waals surface area (Å²) in [5, 5.41) is 2.96. The van der Waals surface area contributed by atoms with E-state index >= 15 is 0 Å². The van der Waals surface area contributed by atoms with Crippen LogP contribution in [-0.2, 0) is 14.4 Å². The Kier molecular flexibility index (Phi) is 5.47. The number of rotatable bonds is 5. The minimum absolute atomic E-state index is 0.0171. The number of carbonyl (C=O) groups is 4. The molecule has 0 bridgehead atoms. The zero-order valence-electron chi connectivity index (χ0n) is 14.6. The molecule has 0 unspecified atom stereocenters. The summed E-state index contributed by atoms with van der Waals surface area (Å²) in [5.74, 6) is -2.48. The van der Waals surface area contributed by atoms with Crippen molar-refractivity contribution in [2.45, 2.75) is 27.7 Å². The van der Waals surface area contributed by atoms with Gasteiger partial charge < -0.3 is 5.32 Å². The van der Waals surface area contributed by atoms with Crippen LogP contribution in [0.4, 0.5) is 10.5 Å². The van der Waals surface area contributed by atoms with E-state index in [0.717, 1.165) is 16.0 Å². The first-order chi connectivity index (χ1) is 11.6. The number of imide groups is 2. The molecule has 0 radical (unpaired) electrons. The maximum Gasteiger partial charge on any atom is 0.334 e. The molecule has 0 atom stereocenters. The fourth-order valence-corrected chi connectivity index (χ4v) is 2.98. The van der Waals surface area contributed by atoms with Gasteiger partial charge in [0, 0.05) is 6.54 Å². The molecule has 1 aromatic rings. The van der Waals surface area contributed by atoms with Crippen molar-refractivity contribution >= 4 is 41.0 Å². The highest BCUT2D eigenvalue weighted by atomic mass is 35.5. The van der Waals surface area contributed by atoms with Gasteiger partial charge in [-0.25, -0.2) is 9.69 Å². The quantitative estimate of drug-likeness (QED) is 0.641. The summed E-state index contributed by atoms with van der Waals surface area (Å²) in [5.41, 5.74) is 2.12. The molecule has 1 saturated heterocycles. The molecule has 2 rings (SSSR count). The van der Waals surface area contributed by atoms with Crippen molar-refractivity contribution in [2.75, 3.05) is 18.4 Å². The smallest absolute Gasteiger partial charge is 0.323 e. The average Bonchev–Trinajstić information content (AvgIpc) is 2.68. The molecule has 1 aromatic carbocycles. The van der Waals surface area contributed by atoms with Crippen LogP contribution < -0.4 is 5.32 Å². The molecule has 0 aromatic heterocycles. The SMILES string of the molecule is Cc1cc(C)c(NC(=O)CN2C(=O)C(=O)N(CC(C)C)C2=O)c(Cl)c1. The van der Waals surface area contributed by atoms with Crippen LogP contribution in [0.1, 0.15) is 25.0 Å². The van der Waals surface area contributed by atoms with Gasteiger partial charge in [0.2, 0.25) is 5.91 Å². The van der Waals surface area contributed by atoms with Crippen molar-refractivity contribution in [2.24, 2.45) is 5.92 Å². The summed E-state index contributed by atoms with van der Waals surface area (Å²) in [6.45, 7) is 6.90. The first-order valence-electron chi connectivity index (χ1n) is 7.85. The van der Waals surface area contributed by atoms with Crippen LogP contribution in [0.2, 0.25) is 5.02 Å². The predicted octanol–water partition coefficient (Wildman–Crippen LogP) is 2.34. The van der Waals surface area contributed by atoms with E-state index in [2.05, 4.69) is 5.32 Å². The van der Waals surface area contributed by atoms with Crippen LogP contribution >= 0.6 is 11.6 Å². The molecule has 25 heavy (non-hydrogen) atoms. The van der Waals surface area contributed by atoms with Crippen LogP contribution in [0.5, 0.6) is 0 Å². The molecular weight excluding hydrogens is 346 g/mol. The van der Waals surface area contributed by atoms with Gasteiger partial charge in [-0.05, 0) is 37.0 Å². The number of amides is 5. The molecular formula is C17H20ClN3O4. The Hall–Kier alpha value is -2.41. The van der Waals surface area contributed by atoms with Crippen LogP contribution in [0, 0.1) is 19.8 Å². The Morgan fingerprint density at radius 3 is 2.28 bits per heavy atom. The maximum atomic E-state index is 12.2. The third-order valence-corrected chi connectivity index (χ3v) is 3.98. The molecule has 1 aliphatic heterocycles. The number of halogens is 1. The number of hydrogen-bond donors (Lipinski definition) is 1. The van der Waals surface area contributed by atoms with E-state index in [0.29, 0.717) is 15.6 Å². The number of aryl methyl sites for hydroxylation is 2. The Morgan fingerprint density at radius 1 is 1.12 bits per heavy atom. The highest BCUT2D eigenvalue weighted by Gasteiger charge is 2.45. The second-order valence-electron chi connectivity index (χ2n) is 6.47. The lowest BCUT2D eigenvalue weighted by atomic mass is 10.1. The monoisotopic (exact) mass is 365 g/mol. The fourth-order valence-electron chi connectivity index (χ4n) is 2.61. The van der Waals surface area contributed by atoms with E-state index in [-0.39, 0.29) is 12.5 Å². The van der Waals surface area contributed by atoms with Gasteiger partial charge >= 0.3 is 17.8 Å². The number of benzene rings is 1. The zero-order chi connectivity index (χ0) is 18.9. The molecule has 1 heterocycles. The van der Waals surface area contributed by atoms with E-state index < -0.39 is 30.3 Å². The summed E-state index contributed by atoms with van der Waals surface area (Å²) >= 11 is 6.13. The summed E-state index contributed by atoms with van der Waals surface area (Å²) in [4.78, 5) is 49.9. The van der Waals surface area contributed by atoms with Gasteiger partial charge in [-0.2, -0.15) is 0 Å². The van der Waals surface area contributed by atoms with Gasteiger partial charge in [0.1, 0.15) is 6.54 Å². The van der Waals surface area contributed by atoms with Crippen LogP contribution in [-0.4, -0.2) is 46.6 Å². The Labute approximate surface area is 150 Å². The van der Waals surface area contributed by atoms with Crippen LogP contribution in [0.25, 0.3) is 0 Å². The number of anilines is 1. The normalized spacial score (nSPS) is 14.7. The van der Waals surface area contributed by atoms with Gasteiger partial charge in [0.05, 0.1) is 10.7 Å². The molecule has 1 fully saturated rings. The molecule has 7 nitrogen and oxygen atoms in total. The zero-order valence-corrected chi connectivity index (χ0v) is 15.3. The molecule has 0 spiro atoms. The largest absolute Gasteiger partial charge is 0.334 e. The predicted molar refractivity (Wildman–Crippen MR) is 93.2 cm³/mol. The third-order valence-electron chi connectivity index (χ3n) is 3.68. The van der Waals surface area contributed by atoms with Gasteiger partial charge in [0.25, 0.3) is 0 Å². The van der Waals surface area contributed by atoms with Crippen molar-refractivity contribution < 1.29 is 19.2 Å². The van der Waals surface area contributed by atoms with Crippen molar-refractivity contribution in [1.29, 1.82) is 0 Å². The number of nitrogens with zero attached hydrogens (tertiary/aromatic N) is 2. The third kappa shape index (κ3) is 3.99. The lowest BCUT2D eigenvalue weighted by molar-refractivity contribution is -0.143. The van der Waals surface area contributed by atoms with Crippen molar-refractivity contribution in [1.82, 2.24) is 9.80 Å². The molecule has 0 aliphatic carbocycles. The molecule has 8 heteroatoms. The first kappa shape index (κ1) is 18.9. The second-order valence-corrected chi connectivity index (χ2v) is 6.88.